The molecule has 0 aliphatic carbocycles. The first-order valence-corrected chi connectivity index (χ1v) is 11.2. The highest BCUT2D eigenvalue weighted by atomic mass is 35.5. The largest absolute Gasteiger partial charge is 0.299 e. The predicted molar refractivity (Wildman–Crippen MR) is 103 cm³/mol. The number of sulfonamides is 1. The molecular formula is C14H17ClN4O3S3. The maximum absolute atomic E-state index is 12.3. The average molecular weight is 421 g/mol. The highest BCUT2D eigenvalue weighted by Gasteiger charge is 2.23. The van der Waals surface area contributed by atoms with E-state index in [-0.39, 0.29) is 6.54 Å². The van der Waals surface area contributed by atoms with Crippen molar-refractivity contribution in [3.05, 3.63) is 28.8 Å². The van der Waals surface area contributed by atoms with E-state index in [1.807, 2.05) is 6.92 Å². The fourth-order valence-corrected chi connectivity index (χ4v) is 4.82. The van der Waals surface area contributed by atoms with Gasteiger partial charge >= 0.3 is 0 Å². The molecule has 0 bridgehead atoms. The van der Waals surface area contributed by atoms with Crippen LogP contribution in [0.1, 0.15) is 12.5 Å². The maximum atomic E-state index is 12.3. The molecule has 0 unspecified atom stereocenters. The summed E-state index contributed by atoms with van der Waals surface area (Å²) in [6.07, 6.45) is 1.05. The third-order valence-electron chi connectivity index (χ3n) is 3.04. The number of benzene rings is 1. The van der Waals surface area contributed by atoms with Crippen LogP contribution in [0.15, 0.2) is 22.5 Å². The molecule has 0 radical (unpaired) electrons. The van der Waals surface area contributed by atoms with Gasteiger partial charge in [-0.2, -0.15) is 0 Å². The van der Waals surface area contributed by atoms with Crippen LogP contribution in [0.5, 0.6) is 0 Å². The van der Waals surface area contributed by atoms with Crippen LogP contribution in [0.4, 0.5) is 10.8 Å². The molecule has 1 heterocycles. The molecule has 0 aliphatic rings. The Hall–Kier alpha value is -1.36. The molecule has 0 spiro atoms. The SMILES string of the molecule is CCSc1nnc(NC(=O)CN(c2ccc(Cl)cc2C)S(C)(=O)=O)s1. The molecule has 0 atom stereocenters. The number of hydrogen-bond donors (Lipinski definition) is 1. The minimum Gasteiger partial charge on any atom is -0.299 e. The van der Waals surface area contributed by atoms with Gasteiger partial charge in [0.25, 0.3) is 0 Å². The van der Waals surface area contributed by atoms with Crippen molar-refractivity contribution in [1.29, 1.82) is 0 Å². The van der Waals surface area contributed by atoms with Gasteiger partial charge < -0.3 is 0 Å². The molecule has 11 heteroatoms. The number of anilines is 2. The van der Waals surface area contributed by atoms with Crippen LogP contribution in [-0.4, -0.2) is 43.1 Å². The van der Waals surface area contributed by atoms with Crippen LogP contribution < -0.4 is 9.62 Å². The standard InChI is InChI=1S/C14H17ClN4O3S3/c1-4-23-14-18-17-13(24-14)16-12(20)8-19(25(3,21)22)11-6-5-10(15)7-9(11)2/h5-7H,4,8H2,1-3H3,(H,16,17,20). The summed E-state index contributed by atoms with van der Waals surface area (Å²) in [5, 5.41) is 11.2. The second-order valence-electron chi connectivity index (χ2n) is 5.05. The van der Waals surface area contributed by atoms with Crippen LogP contribution >= 0.6 is 34.7 Å². The molecule has 1 amide bonds. The predicted octanol–water partition coefficient (Wildman–Crippen LogP) is 3.02. The van der Waals surface area contributed by atoms with E-state index in [1.165, 1.54) is 23.1 Å². The van der Waals surface area contributed by atoms with Crippen molar-refractivity contribution in [1.82, 2.24) is 10.2 Å². The molecule has 25 heavy (non-hydrogen) atoms. The Labute approximate surface area is 159 Å². The summed E-state index contributed by atoms with van der Waals surface area (Å²) in [4.78, 5) is 12.3. The second kappa shape index (κ2) is 8.35. The zero-order valence-corrected chi connectivity index (χ0v) is 17.0. The number of nitrogens with zero attached hydrogens (tertiary/aromatic N) is 3. The van der Waals surface area contributed by atoms with Gasteiger partial charge in [0.15, 0.2) is 4.34 Å². The first-order valence-electron chi connectivity index (χ1n) is 7.20. The molecule has 2 rings (SSSR count). The summed E-state index contributed by atoms with van der Waals surface area (Å²) in [5.74, 6) is 0.351. The zero-order valence-electron chi connectivity index (χ0n) is 13.8. The lowest BCUT2D eigenvalue weighted by Crippen LogP contribution is -2.37. The number of rotatable bonds is 7. The van der Waals surface area contributed by atoms with Crippen molar-refractivity contribution in [2.45, 2.75) is 18.2 Å². The van der Waals surface area contributed by atoms with Crippen LogP contribution in [0.25, 0.3) is 0 Å². The molecule has 0 aliphatic heterocycles. The zero-order chi connectivity index (χ0) is 18.6. The van der Waals surface area contributed by atoms with Gasteiger partial charge in [0.05, 0.1) is 11.9 Å². The van der Waals surface area contributed by atoms with E-state index in [0.29, 0.717) is 21.4 Å². The monoisotopic (exact) mass is 420 g/mol. The van der Waals surface area contributed by atoms with E-state index in [2.05, 4.69) is 15.5 Å². The van der Waals surface area contributed by atoms with Gasteiger partial charge in [-0.15, -0.1) is 10.2 Å². The topological polar surface area (TPSA) is 92.3 Å². The van der Waals surface area contributed by atoms with Crippen LogP contribution in [-0.2, 0) is 14.8 Å². The fourth-order valence-electron chi connectivity index (χ4n) is 2.01. The second-order valence-corrected chi connectivity index (χ2v) is 9.89. The number of nitrogens with one attached hydrogen (secondary N) is 1. The van der Waals surface area contributed by atoms with Gasteiger partial charge in [-0.05, 0) is 36.4 Å². The molecule has 136 valence electrons. The van der Waals surface area contributed by atoms with Gasteiger partial charge in [0, 0.05) is 5.02 Å². The first kappa shape index (κ1) is 20.0. The van der Waals surface area contributed by atoms with Crippen molar-refractivity contribution in [2.24, 2.45) is 0 Å². The molecule has 1 aromatic carbocycles. The molecule has 1 N–H and O–H groups in total. The summed E-state index contributed by atoms with van der Waals surface area (Å²) in [6.45, 7) is 3.36. The van der Waals surface area contributed by atoms with Gasteiger partial charge in [0.1, 0.15) is 6.54 Å². The van der Waals surface area contributed by atoms with Gasteiger partial charge in [-0.25, -0.2) is 8.42 Å². The van der Waals surface area contributed by atoms with E-state index in [9.17, 15) is 13.2 Å². The maximum Gasteiger partial charge on any atom is 0.246 e. The minimum atomic E-state index is -3.65. The number of aryl methyl sites for hydroxylation is 1. The summed E-state index contributed by atoms with van der Waals surface area (Å²) in [5.41, 5.74) is 1.06. The lowest BCUT2D eigenvalue weighted by molar-refractivity contribution is -0.114. The highest BCUT2D eigenvalue weighted by Crippen LogP contribution is 2.27. The van der Waals surface area contributed by atoms with Gasteiger partial charge in [-0.1, -0.05) is 41.6 Å². The lowest BCUT2D eigenvalue weighted by Gasteiger charge is -2.23. The molecule has 2 aromatic rings. The number of carbonyl (C=O) groups is 1. The van der Waals surface area contributed by atoms with Crippen molar-refractivity contribution in [3.63, 3.8) is 0 Å². The molecular weight excluding hydrogens is 404 g/mol. The van der Waals surface area contributed by atoms with Crippen molar-refractivity contribution < 1.29 is 13.2 Å². The average Bonchev–Trinajstić information content (AvgIpc) is 2.92. The van der Waals surface area contributed by atoms with Crippen LogP contribution in [0, 0.1) is 6.92 Å². The van der Waals surface area contributed by atoms with E-state index >= 15 is 0 Å². The third kappa shape index (κ3) is 5.56. The summed E-state index contributed by atoms with van der Waals surface area (Å²) in [7, 11) is -3.65. The Bertz CT molecular complexity index is 870. The molecule has 7 nitrogen and oxygen atoms in total. The number of hydrogen-bond acceptors (Lipinski definition) is 7. The van der Waals surface area contributed by atoms with Gasteiger partial charge in [-0.3, -0.25) is 14.4 Å². The Morgan fingerprint density at radius 3 is 2.72 bits per heavy atom. The Morgan fingerprint density at radius 2 is 2.12 bits per heavy atom. The molecule has 0 fully saturated rings. The number of aromatic nitrogens is 2. The third-order valence-corrected chi connectivity index (χ3v) is 6.25. The minimum absolute atomic E-state index is 0.335. The van der Waals surface area contributed by atoms with Crippen molar-refractivity contribution in [2.75, 3.05) is 28.2 Å². The van der Waals surface area contributed by atoms with E-state index < -0.39 is 15.9 Å². The quantitative estimate of drug-likeness (QED) is 0.546. The molecule has 1 aromatic heterocycles. The highest BCUT2D eigenvalue weighted by molar-refractivity contribution is 8.01. The smallest absolute Gasteiger partial charge is 0.246 e. The number of thioether (sulfide) groups is 1. The van der Waals surface area contributed by atoms with E-state index in [4.69, 9.17) is 11.6 Å². The van der Waals surface area contributed by atoms with Crippen molar-refractivity contribution >= 4 is 61.4 Å². The van der Waals surface area contributed by atoms with Crippen LogP contribution in [0.3, 0.4) is 0 Å². The summed E-state index contributed by atoms with van der Waals surface area (Å²) >= 11 is 8.67. The van der Waals surface area contributed by atoms with Crippen LogP contribution in [0.2, 0.25) is 5.02 Å². The number of halogens is 1. The first-order chi connectivity index (χ1) is 11.7. The normalized spacial score (nSPS) is 11.4. The van der Waals surface area contributed by atoms with E-state index in [1.54, 1.807) is 25.1 Å². The number of amides is 1. The van der Waals surface area contributed by atoms with Crippen molar-refractivity contribution in [3.8, 4) is 0 Å². The fraction of sp³-hybridized carbons (Fsp3) is 0.357. The molecule has 0 saturated heterocycles. The van der Waals surface area contributed by atoms with E-state index in [0.717, 1.165) is 20.7 Å². The lowest BCUT2D eigenvalue weighted by atomic mass is 10.2. The Morgan fingerprint density at radius 1 is 1.40 bits per heavy atom. The molecule has 0 saturated carbocycles. The Kier molecular flexibility index (Phi) is 6.66. The van der Waals surface area contributed by atoms with Gasteiger partial charge in [0.2, 0.25) is 21.1 Å². The summed E-state index contributed by atoms with van der Waals surface area (Å²) in [6, 6.07) is 4.80. The summed E-state index contributed by atoms with van der Waals surface area (Å²) < 4.78 is 26.0. The number of carbonyl (C=O) groups excluding carboxylic acids is 1. The Balaban J connectivity index is 2.18.